The highest BCUT2D eigenvalue weighted by Crippen LogP contribution is 2.36. The highest BCUT2D eigenvalue weighted by molar-refractivity contribution is 6.31. The van der Waals surface area contributed by atoms with Gasteiger partial charge in [-0.25, -0.2) is 5.43 Å². The normalized spacial score (nSPS) is 12.4. The standard InChI is InChI=1S/C17H10ClF3N4O3/c18-11-4-3-9(6-10(11)17(19,20)21)23-24-13(8-22)16(26)12-7-15(28-25-12)14-2-1-5-27-14/h1-7,13,23-24H. The molecule has 0 amide bonds. The number of hydrogen-bond acceptors (Lipinski definition) is 7. The number of alkyl halides is 3. The van der Waals surface area contributed by atoms with E-state index in [1.165, 1.54) is 18.4 Å². The van der Waals surface area contributed by atoms with Crippen LogP contribution >= 0.6 is 11.6 Å². The number of hydrazine groups is 1. The van der Waals surface area contributed by atoms with Gasteiger partial charge >= 0.3 is 6.18 Å². The van der Waals surface area contributed by atoms with Crippen LogP contribution in [0.5, 0.6) is 0 Å². The molecule has 0 fully saturated rings. The summed E-state index contributed by atoms with van der Waals surface area (Å²) in [4.78, 5) is 12.4. The molecule has 3 aromatic rings. The largest absolute Gasteiger partial charge is 0.461 e. The van der Waals surface area contributed by atoms with Gasteiger partial charge in [-0.1, -0.05) is 16.8 Å². The number of hydrogen-bond donors (Lipinski definition) is 2. The highest BCUT2D eigenvalue weighted by Gasteiger charge is 2.33. The molecule has 3 rings (SSSR count). The number of carbonyl (C=O) groups is 1. The molecule has 2 N–H and O–H groups in total. The predicted molar refractivity (Wildman–Crippen MR) is 91.1 cm³/mol. The minimum atomic E-state index is -4.65. The fourth-order valence-corrected chi connectivity index (χ4v) is 2.43. The van der Waals surface area contributed by atoms with E-state index in [-0.39, 0.29) is 17.1 Å². The van der Waals surface area contributed by atoms with Gasteiger partial charge in [0, 0.05) is 11.8 Å². The van der Waals surface area contributed by atoms with Crippen LogP contribution in [0.4, 0.5) is 18.9 Å². The van der Waals surface area contributed by atoms with Crippen molar-refractivity contribution in [3.8, 4) is 17.6 Å². The Labute approximate surface area is 160 Å². The molecule has 0 spiro atoms. The van der Waals surface area contributed by atoms with E-state index < -0.39 is 28.6 Å². The fraction of sp³-hybridized carbons (Fsp3) is 0.118. The number of carbonyl (C=O) groups excluding carboxylic acids is 1. The second-order valence-electron chi connectivity index (χ2n) is 5.44. The number of anilines is 1. The van der Waals surface area contributed by atoms with Gasteiger partial charge in [-0.3, -0.25) is 4.79 Å². The van der Waals surface area contributed by atoms with E-state index in [0.717, 1.165) is 12.1 Å². The monoisotopic (exact) mass is 410 g/mol. The minimum Gasteiger partial charge on any atom is -0.461 e. The molecule has 0 aliphatic rings. The molecule has 1 aromatic carbocycles. The first-order valence-corrected chi connectivity index (χ1v) is 8.00. The average molecular weight is 411 g/mol. The number of nitrogens with one attached hydrogen (secondary N) is 2. The van der Waals surface area contributed by atoms with Crippen molar-refractivity contribution in [1.29, 1.82) is 5.26 Å². The molecule has 0 bridgehead atoms. The Morgan fingerprint density at radius 2 is 2.04 bits per heavy atom. The zero-order valence-corrected chi connectivity index (χ0v) is 14.5. The summed E-state index contributed by atoms with van der Waals surface area (Å²) in [6.45, 7) is 0. The van der Waals surface area contributed by atoms with Gasteiger partial charge in [0.1, 0.15) is 0 Å². The van der Waals surface area contributed by atoms with Gasteiger partial charge in [-0.2, -0.15) is 18.4 Å². The van der Waals surface area contributed by atoms with Crippen molar-refractivity contribution >= 4 is 23.1 Å². The molecule has 2 heterocycles. The lowest BCUT2D eigenvalue weighted by Crippen LogP contribution is -2.39. The van der Waals surface area contributed by atoms with Gasteiger partial charge in [-0.15, -0.1) is 0 Å². The molecule has 28 heavy (non-hydrogen) atoms. The second-order valence-corrected chi connectivity index (χ2v) is 5.85. The number of nitrogens with zero attached hydrogens (tertiary/aromatic N) is 2. The Morgan fingerprint density at radius 1 is 1.25 bits per heavy atom. The average Bonchev–Trinajstić information content (AvgIpc) is 3.33. The van der Waals surface area contributed by atoms with Gasteiger partial charge in [0.15, 0.2) is 17.5 Å². The lowest BCUT2D eigenvalue weighted by molar-refractivity contribution is -0.137. The molecule has 0 radical (unpaired) electrons. The summed E-state index contributed by atoms with van der Waals surface area (Å²) in [5.74, 6) is -0.223. The summed E-state index contributed by atoms with van der Waals surface area (Å²) in [5, 5.41) is 12.3. The summed E-state index contributed by atoms with van der Waals surface area (Å²) in [6.07, 6.45) is -3.24. The number of Topliss-reactive ketones (excluding diaryl/α,β-unsaturated/α-hetero) is 1. The number of aromatic nitrogens is 1. The van der Waals surface area contributed by atoms with E-state index in [0.29, 0.717) is 5.76 Å². The topological polar surface area (TPSA) is 104 Å². The molecular formula is C17H10ClF3N4O3. The molecule has 144 valence electrons. The van der Waals surface area contributed by atoms with E-state index in [1.807, 2.05) is 0 Å². The number of ketones is 1. The lowest BCUT2D eigenvalue weighted by atomic mass is 10.1. The first-order valence-electron chi connectivity index (χ1n) is 7.62. The van der Waals surface area contributed by atoms with Crippen molar-refractivity contribution in [2.45, 2.75) is 12.2 Å². The van der Waals surface area contributed by atoms with Crippen LogP contribution in [-0.4, -0.2) is 17.0 Å². The number of benzene rings is 1. The first-order chi connectivity index (χ1) is 13.3. The van der Waals surface area contributed by atoms with Crippen LogP contribution in [0.15, 0.2) is 51.6 Å². The number of nitriles is 1. The molecule has 1 atom stereocenters. The van der Waals surface area contributed by atoms with E-state index >= 15 is 0 Å². The Morgan fingerprint density at radius 3 is 2.68 bits per heavy atom. The molecule has 2 aromatic heterocycles. The van der Waals surface area contributed by atoms with Crippen LogP contribution in [0, 0.1) is 11.3 Å². The van der Waals surface area contributed by atoms with E-state index in [9.17, 15) is 23.2 Å². The lowest BCUT2D eigenvalue weighted by Gasteiger charge is -2.14. The summed E-state index contributed by atoms with van der Waals surface area (Å²) >= 11 is 5.54. The summed E-state index contributed by atoms with van der Waals surface area (Å²) in [5.41, 5.74) is 3.49. The van der Waals surface area contributed by atoms with Crippen molar-refractivity contribution in [3.63, 3.8) is 0 Å². The van der Waals surface area contributed by atoms with Crippen molar-refractivity contribution in [2.75, 3.05) is 5.43 Å². The van der Waals surface area contributed by atoms with Crippen LogP contribution in [-0.2, 0) is 6.18 Å². The minimum absolute atomic E-state index is 0.0406. The van der Waals surface area contributed by atoms with Crippen LogP contribution in [0.3, 0.4) is 0 Å². The number of furan rings is 1. The summed E-state index contributed by atoms with van der Waals surface area (Å²) < 4.78 is 48.8. The van der Waals surface area contributed by atoms with Gasteiger partial charge in [0.2, 0.25) is 11.5 Å². The maximum absolute atomic E-state index is 12.9. The van der Waals surface area contributed by atoms with E-state index in [4.69, 9.17) is 20.5 Å². The molecule has 1 unspecified atom stereocenters. The predicted octanol–water partition coefficient (Wildman–Crippen LogP) is 4.30. The number of rotatable bonds is 6. The van der Waals surface area contributed by atoms with Crippen LogP contribution in [0.1, 0.15) is 16.1 Å². The van der Waals surface area contributed by atoms with Crippen molar-refractivity contribution in [3.05, 3.63) is 58.9 Å². The SMILES string of the molecule is N#CC(NNc1ccc(Cl)c(C(F)(F)F)c1)C(=O)c1cc(-c2ccco2)on1. The molecule has 0 aliphatic heterocycles. The van der Waals surface area contributed by atoms with Gasteiger partial charge in [0.25, 0.3) is 0 Å². The molecular weight excluding hydrogens is 401 g/mol. The van der Waals surface area contributed by atoms with E-state index in [1.54, 1.807) is 18.2 Å². The quantitative estimate of drug-likeness (QED) is 0.461. The zero-order valence-electron chi connectivity index (χ0n) is 13.7. The third kappa shape index (κ3) is 4.16. The molecule has 0 saturated carbocycles. The third-order valence-electron chi connectivity index (χ3n) is 3.55. The van der Waals surface area contributed by atoms with Crippen LogP contribution in [0.25, 0.3) is 11.5 Å². The second kappa shape index (κ2) is 7.75. The highest BCUT2D eigenvalue weighted by atomic mass is 35.5. The summed E-state index contributed by atoms with van der Waals surface area (Å²) in [6, 6.07) is 7.80. The maximum Gasteiger partial charge on any atom is 0.417 e. The van der Waals surface area contributed by atoms with Gasteiger partial charge in [0.05, 0.1) is 22.9 Å². The molecule has 11 heteroatoms. The van der Waals surface area contributed by atoms with Crippen molar-refractivity contribution in [2.24, 2.45) is 0 Å². The molecule has 0 saturated heterocycles. The zero-order chi connectivity index (χ0) is 20.3. The van der Waals surface area contributed by atoms with Crippen LogP contribution in [0.2, 0.25) is 5.02 Å². The third-order valence-corrected chi connectivity index (χ3v) is 3.88. The first kappa shape index (κ1) is 19.5. The Balaban J connectivity index is 1.71. The van der Waals surface area contributed by atoms with E-state index in [2.05, 4.69) is 16.0 Å². The Kier molecular flexibility index (Phi) is 5.39. The number of halogens is 4. The van der Waals surface area contributed by atoms with Crippen LogP contribution < -0.4 is 10.9 Å². The smallest absolute Gasteiger partial charge is 0.417 e. The van der Waals surface area contributed by atoms with Gasteiger partial charge < -0.3 is 14.4 Å². The van der Waals surface area contributed by atoms with Crippen molar-refractivity contribution in [1.82, 2.24) is 10.6 Å². The Bertz CT molecular complexity index is 1030. The molecule has 7 nitrogen and oxygen atoms in total. The van der Waals surface area contributed by atoms with Crippen molar-refractivity contribution < 1.29 is 26.9 Å². The van der Waals surface area contributed by atoms with Gasteiger partial charge in [-0.05, 0) is 30.3 Å². The maximum atomic E-state index is 12.9. The Hall–Kier alpha value is -3.29. The summed E-state index contributed by atoms with van der Waals surface area (Å²) in [7, 11) is 0. The fourth-order valence-electron chi connectivity index (χ4n) is 2.21. The molecule has 0 aliphatic carbocycles.